The predicted molar refractivity (Wildman–Crippen MR) is 122 cm³/mol. The topological polar surface area (TPSA) is 187 Å². The summed E-state index contributed by atoms with van der Waals surface area (Å²) in [5, 5.41) is 29.9. The second-order valence-corrected chi connectivity index (χ2v) is 9.66. The highest BCUT2D eigenvalue weighted by Gasteiger charge is 2.24. The Labute approximate surface area is 199 Å². The number of hydrogen-bond acceptors (Lipinski definition) is 8. The van der Waals surface area contributed by atoms with Crippen LogP contribution >= 0.6 is 11.8 Å². The van der Waals surface area contributed by atoms with Gasteiger partial charge in [-0.3, -0.25) is 14.4 Å². The van der Waals surface area contributed by atoms with E-state index in [1.165, 1.54) is 36.0 Å². The average molecular weight is 511 g/mol. The molecule has 1 amide bonds. The van der Waals surface area contributed by atoms with Gasteiger partial charge in [0, 0.05) is 12.1 Å². The zero-order chi connectivity index (χ0) is 25.5. The number of benzene rings is 2. The zero-order valence-corrected chi connectivity index (χ0v) is 19.5. The van der Waals surface area contributed by atoms with Crippen molar-refractivity contribution >= 4 is 45.4 Å². The lowest BCUT2D eigenvalue weighted by atomic mass is 10.1. The van der Waals surface area contributed by atoms with Crippen LogP contribution in [0.15, 0.2) is 47.4 Å². The van der Waals surface area contributed by atoms with Crippen LogP contribution in [0.4, 0.5) is 0 Å². The van der Waals surface area contributed by atoms with Gasteiger partial charge in [0.05, 0.1) is 23.1 Å². The molecule has 0 bridgehead atoms. The van der Waals surface area contributed by atoms with Gasteiger partial charge in [-0.05, 0) is 42.2 Å². The van der Waals surface area contributed by atoms with Crippen LogP contribution in [0, 0.1) is 0 Å². The maximum atomic E-state index is 12.5. The molecule has 2 aromatic carbocycles. The number of rotatable bonds is 12. The Morgan fingerprint density at radius 2 is 1.68 bits per heavy atom. The lowest BCUT2D eigenvalue weighted by Crippen LogP contribution is -2.43. The van der Waals surface area contributed by atoms with E-state index in [0.717, 1.165) is 18.2 Å². The standard InChI is InChI=1S/C21H22N2O9S2/c1-33-11-18(25)16(9-19(26)27)23-20(28)13-4-2-12(3-5-13)10-22-34(31,32)14-6-7-17(24)15(8-14)21(29)30/h2-8,16,22,24H,9-11H2,1H3,(H,23,28)(H,26,27)(H,29,30). The van der Waals surface area contributed by atoms with Gasteiger partial charge in [0.15, 0.2) is 5.78 Å². The highest BCUT2D eigenvalue weighted by molar-refractivity contribution is 7.99. The summed E-state index contributed by atoms with van der Waals surface area (Å²) in [5.74, 6) is -4.31. The molecule has 0 aromatic heterocycles. The number of aliphatic carboxylic acids is 1. The van der Waals surface area contributed by atoms with Gasteiger partial charge in [0.25, 0.3) is 5.91 Å². The van der Waals surface area contributed by atoms with Crippen molar-refractivity contribution in [1.29, 1.82) is 0 Å². The fourth-order valence-electron chi connectivity index (χ4n) is 2.79. The summed E-state index contributed by atoms with van der Waals surface area (Å²) in [6.45, 7) is -0.179. The Morgan fingerprint density at radius 1 is 1.03 bits per heavy atom. The van der Waals surface area contributed by atoms with Crippen molar-refractivity contribution in [2.24, 2.45) is 0 Å². The first-order valence-corrected chi connectivity index (χ1v) is 12.5. The summed E-state index contributed by atoms with van der Waals surface area (Å²) in [7, 11) is -4.10. The second kappa shape index (κ2) is 11.6. The zero-order valence-electron chi connectivity index (χ0n) is 17.8. The van der Waals surface area contributed by atoms with Crippen LogP contribution in [0.2, 0.25) is 0 Å². The van der Waals surface area contributed by atoms with Crippen LogP contribution in [-0.2, 0) is 26.2 Å². The quantitative estimate of drug-likeness (QED) is 0.276. The van der Waals surface area contributed by atoms with E-state index in [9.17, 15) is 32.7 Å². The first-order valence-electron chi connectivity index (χ1n) is 9.64. The number of carboxylic acid groups (broad SMARTS) is 2. The predicted octanol–water partition coefficient (Wildman–Crippen LogP) is 1.07. The number of Topliss-reactive ketones (excluding diaryl/α,β-unsaturated/α-hetero) is 1. The SMILES string of the molecule is CSCC(=O)C(CC(=O)O)NC(=O)c1ccc(CNS(=O)(=O)c2ccc(O)c(C(=O)O)c2)cc1. The lowest BCUT2D eigenvalue weighted by molar-refractivity contribution is -0.139. The third-order valence-electron chi connectivity index (χ3n) is 4.55. The number of sulfonamides is 1. The molecule has 0 aliphatic carbocycles. The van der Waals surface area contributed by atoms with Gasteiger partial charge in [0.2, 0.25) is 10.0 Å². The Bertz CT molecular complexity index is 1200. The molecule has 13 heteroatoms. The highest BCUT2D eigenvalue weighted by atomic mass is 32.2. The molecule has 11 nitrogen and oxygen atoms in total. The van der Waals surface area contributed by atoms with Gasteiger partial charge in [0.1, 0.15) is 11.3 Å². The van der Waals surface area contributed by atoms with E-state index >= 15 is 0 Å². The molecule has 0 saturated heterocycles. The minimum atomic E-state index is -4.10. The van der Waals surface area contributed by atoms with Crippen molar-refractivity contribution in [3.05, 3.63) is 59.2 Å². The number of ketones is 1. The van der Waals surface area contributed by atoms with Crippen LogP contribution in [0.3, 0.4) is 0 Å². The van der Waals surface area contributed by atoms with Crippen LogP contribution in [0.25, 0.3) is 0 Å². The number of aromatic carboxylic acids is 1. The van der Waals surface area contributed by atoms with E-state index in [-0.39, 0.29) is 22.8 Å². The maximum absolute atomic E-state index is 12.5. The summed E-state index contributed by atoms with van der Waals surface area (Å²) < 4.78 is 27.2. The molecule has 182 valence electrons. The molecule has 0 aliphatic rings. The van der Waals surface area contributed by atoms with Gasteiger partial charge in [-0.25, -0.2) is 17.9 Å². The van der Waals surface area contributed by atoms with Gasteiger partial charge in [-0.15, -0.1) is 0 Å². The monoisotopic (exact) mass is 510 g/mol. The number of thioether (sulfide) groups is 1. The summed E-state index contributed by atoms with van der Waals surface area (Å²) in [4.78, 5) is 46.2. The average Bonchev–Trinajstić information content (AvgIpc) is 2.77. The lowest BCUT2D eigenvalue weighted by Gasteiger charge is -2.15. The molecule has 0 radical (unpaired) electrons. The molecule has 1 unspecified atom stereocenters. The molecule has 5 N–H and O–H groups in total. The van der Waals surface area contributed by atoms with E-state index < -0.39 is 57.4 Å². The molecule has 1 atom stereocenters. The molecule has 0 spiro atoms. The summed E-state index contributed by atoms with van der Waals surface area (Å²) in [6.07, 6.45) is 1.13. The Balaban J connectivity index is 2.07. The number of carbonyl (C=O) groups is 4. The molecule has 0 fully saturated rings. The molecule has 0 heterocycles. The fourth-order valence-corrected chi connectivity index (χ4v) is 4.32. The molecule has 2 aromatic rings. The van der Waals surface area contributed by atoms with Crippen molar-refractivity contribution in [3.8, 4) is 5.75 Å². The minimum absolute atomic E-state index is 0.0479. The summed E-state index contributed by atoms with van der Waals surface area (Å²) >= 11 is 1.21. The van der Waals surface area contributed by atoms with Crippen molar-refractivity contribution in [3.63, 3.8) is 0 Å². The van der Waals surface area contributed by atoms with Crippen LogP contribution in [0.1, 0.15) is 32.7 Å². The highest BCUT2D eigenvalue weighted by Crippen LogP contribution is 2.21. The smallest absolute Gasteiger partial charge is 0.339 e. The third kappa shape index (κ3) is 7.30. The van der Waals surface area contributed by atoms with Crippen molar-refractivity contribution in [2.45, 2.75) is 23.9 Å². The van der Waals surface area contributed by atoms with E-state index in [0.29, 0.717) is 5.56 Å². The van der Waals surface area contributed by atoms with E-state index in [2.05, 4.69) is 10.0 Å². The third-order valence-corrected chi connectivity index (χ3v) is 6.52. The van der Waals surface area contributed by atoms with E-state index in [4.69, 9.17) is 10.2 Å². The molecular weight excluding hydrogens is 488 g/mol. The molecular formula is C21H22N2O9S2. The Kier molecular flexibility index (Phi) is 9.18. The van der Waals surface area contributed by atoms with Gasteiger partial charge < -0.3 is 20.6 Å². The summed E-state index contributed by atoms with van der Waals surface area (Å²) in [6, 6.07) is 7.39. The molecule has 0 saturated carbocycles. The molecule has 0 aliphatic heterocycles. The number of hydrogen-bond donors (Lipinski definition) is 5. The fraction of sp³-hybridized carbons (Fsp3) is 0.238. The largest absolute Gasteiger partial charge is 0.507 e. The number of carbonyl (C=O) groups excluding carboxylic acids is 2. The van der Waals surface area contributed by atoms with Crippen molar-refractivity contribution in [1.82, 2.24) is 10.0 Å². The van der Waals surface area contributed by atoms with E-state index in [1.807, 2.05) is 0 Å². The van der Waals surface area contributed by atoms with Gasteiger partial charge in [-0.1, -0.05) is 12.1 Å². The number of amides is 1. The number of aromatic hydroxyl groups is 1. The molecule has 34 heavy (non-hydrogen) atoms. The second-order valence-electron chi connectivity index (χ2n) is 7.03. The number of phenols is 1. The Morgan fingerprint density at radius 3 is 2.24 bits per heavy atom. The van der Waals surface area contributed by atoms with Crippen LogP contribution < -0.4 is 10.0 Å². The van der Waals surface area contributed by atoms with Gasteiger partial charge >= 0.3 is 11.9 Å². The normalized spacial score (nSPS) is 12.0. The molecule has 2 rings (SSSR count). The first kappa shape index (κ1) is 26.8. The van der Waals surface area contributed by atoms with Crippen molar-refractivity contribution < 1.29 is 42.9 Å². The first-order chi connectivity index (χ1) is 15.9. The maximum Gasteiger partial charge on any atom is 0.339 e. The number of carboxylic acids is 2. The van der Waals surface area contributed by atoms with Crippen LogP contribution in [-0.4, -0.2) is 65.4 Å². The number of nitrogens with one attached hydrogen (secondary N) is 2. The minimum Gasteiger partial charge on any atom is -0.507 e. The van der Waals surface area contributed by atoms with Crippen LogP contribution in [0.5, 0.6) is 5.75 Å². The van der Waals surface area contributed by atoms with E-state index in [1.54, 1.807) is 6.26 Å². The van der Waals surface area contributed by atoms with Gasteiger partial charge in [-0.2, -0.15) is 11.8 Å². The summed E-state index contributed by atoms with van der Waals surface area (Å²) in [5.41, 5.74) is 0.0527. The van der Waals surface area contributed by atoms with Crippen molar-refractivity contribution in [2.75, 3.05) is 12.0 Å². The Hall–Kier alpha value is -3.42.